The summed E-state index contributed by atoms with van der Waals surface area (Å²) in [6.07, 6.45) is 11.9. The highest BCUT2D eigenvalue weighted by atomic mass is 16.6. The number of nitrogens with zero attached hydrogens (tertiary/aromatic N) is 4. The van der Waals surface area contributed by atoms with Gasteiger partial charge in [-0.2, -0.15) is 0 Å². The molecule has 0 bridgehead atoms. The van der Waals surface area contributed by atoms with Gasteiger partial charge in [-0.3, -0.25) is 34.3 Å². The number of fused-ring (bicyclic) bond motifs is 1. The minimum absolute atomic E-state index is 0.0311. The fourth-order valence-electron chi connectivity index (χ4n) is 7.02. The number of nitro groups is 1. The number of carbonyl (C=O) groups is 3. The summed E-state index contributed by atoms with van der Waals surface area (Å²) >= 11 is 0. The smallest absolute Gasteiger partial charge is 0.319 e. The van der Waals surface area contributed by atoms with Crippen molar-refractivity contribution in [1.82, 2.24) is 14.7 Å². The zero-order valence-electron chi connectivity index (χ0n) is 26.5. The Labute approximate surface area is 258 Å². The van der Waals surface area contributed by atoms with Gasteiger partial charge in [-0.15, -0.1) is 0 Å². The van der Waals surface area contributed by atoms with E-state index < -0.39 is 29.7 Å². The van der Waals surface area contributed by atoms with Gasteiger partial charge in [-0.1, -0.05) is 26.0 Å². The molecule has 4 aliphatic rings. The molecule has 2 heterocycles. The molecule has 0 amide bonds. The topological polar surface area (TPSA) is 141 Å². The number of ether oxygens (including phenoxy) is 4. The molecule has 244 valence electrons. The second kappa shape index (κ2) is 14.2. The molecule has 2 aliphatic carbocycles. The number of hydrogen-bond donors (Lipinski definition) is 0. The predicted molar refractivity (Wildman–Crippen MR) is 160 cm³/mol. The van der Waals surface area contributed by atoms with E-state index in [9.17, 15) is 24.5 Å². The second-order valence-electron chi connectivity index (χ2n) is 12.4. The van der Waals surface area contributed by atoms with Crippen molar-refractivity contribution in [3.8, 4) is 0 Å². The van der Waals surface area contributed by atoms with Crippen LogP contribution in [0, 0.1) is 21.4 Å². The van der Waals surface area contributed by atoms with E-state index in [4.69, 9.17) is 18.9 Å². The van der Waals surface area contributed by atoms with Gasteiger partial charge in [-0.05, 0) is 43.4 Å². The SMILES string of the molecule is COC(=O)CN(CCN(CC(=O)OC)CC(=O)OC)CCN1C2=C(CCCC2)C(C)(C)C12C=CC1C[C@@H]([N+](=O)[O-])C=C[C@H]1O2. The van der Waals surface area contributed by atoms with Crippen molar-refractivity contribution in [3.05, 3.63) is 45.7 Å². The van der Waals surface area contributed by atoms with Crippen molar-refractivity contribution in [2.24, 2.45) is 11.3 Å². The molecule has 1 spiro atoms. The highest BCUT2D eigenvalue weighted by molar-refractivity contribution is 5.75. The molecule has 2 aliphatic heterocycles. The average molecular weight is 619 g/mol. The van der Waals surface area contributed by atoms with Crippen LogP contribution in [0.5, 0.6) is 0 Å². The van der Waals surface area contributed by atoms with Crippen LogP contribution in [0.3, 0.4) is 0 Å². The van der Waals surface area contributed by atoms with E-state index in [0.717, 1.165) is 25.7 Å². The molecule has 13 heteroatoms. The van der Waals surface area contributed by atoms with Crippen LogP contribution >= 0.6 is 0 Å². The first kappa shape index (κ1) is 33.6. The Morgan fingerprint density at radius 2 is 1.52 bits per heavy atom. The normalized spacial score (nSPS) is 27.0. The largest absolute Gasteiger partial charge is 0.468 e. The van der Waals surface area contributed by atoms with Crippen LogP contribution in [0.25, 0.3) is 0 Å². The molecule has 0 aromatic heterocycles. The van der Waals surface area contributed by atoms with Crippen LogP contribution in [-0.2, 0) is 33.3 Å². The predicted octanol–water partition coefficient (Wildman–Crippen LogP) is 2.15. The van der Waals surface area contributed by atoms with Crippen molar-refractivity contribution >= 4 is 17.9 Å². The molecule has 0 N–H and O–H groups in total. The third-order valence-corrected chi connectivity index (χ3v) is 9.54. The van der Waals surface area contributed by atoms with Crippen molar-refractivity contribution in [2.45, 2.75) is 63.8 Å². The summed E-state index contributed by atoms with van der Waals surface area (Å²) in [5.74, 6) is -1.43. The molecule has 0 saturated heterocycles. The molecule has 4 atom stereocenters. The molecular formula is C31H46N4O9. The average Bonchev–Trinajstić information content (AvgIpc) is 3.19. The maximum Gasteiger partial charge on any atom is 0.319 e. The first-order chi connectivity index (χ1) is 20.9. The quantitative estimate of drug-likeness (QED) is 0.0982. The molecule has 2 unspecified atom stereocenters. The van der Waals surface area contributed by atoms with Crippen molar-refractivity contribution in [3.63, 3.8) is 0 Å². The minimum Gasteiger partial charge on any atom is -0.468 e. The highest BCUT2D eigenvalue weighted by Gasteiger charge is 2.60. The van der Waals surface area contributed by atoms with E-state index in [1.54, 1.807) is 11.0 Å². The third kappa shape index (κ3) is 7.00. The van der Waals surface area contributed by atoms with Gasteiger partial charge in [0.05, 0.1) is 47.1 Å². The monoisotopic (exact) mass is 618 g/mol. The van der Waals surface area contributed by atoms with Crippen LogP contribution in [0.1, 0.15) is 46.0 Å². The van der Waals surface area contributed by atoms with E-state index >= 15 is 0 Å². The Kier molecular flexibility index (Phi) is 10.9. The van der Waals surface area contributed by atoms with Crippen LogP contribution in [0.15, 0.2) is 35.6 Å². The lowest BCUT2D eigenvalue weighted by atomic mass is 9.71. The van der Waals surface area contributed by atoms with E-state index in [-0.39, 0.29) is 42.0 Å². The molecule has 0 radical (unpaired) electrons. The van der Waals surface area contributed by atoms with Gasteiger partial charge in [0.1, 0.15) is 0 Å². The summed E-state index contributed by atoms with van der Waals surface area (Å²) < 4.78 is 21.6. The van der Waals surface area contributed by atoms with Crippen molar-refractivity contribution < 1.29 is 38.3 Å². The number of rotatable bonds is 13. The Morgan fingerprint density at radius 1 is 0.932 bits per heavy atom. The molecule has 0 saturated carbocycles. The summed E-state index contributed by atoms with van der Waals surface area (Å²) in [6.45, 7) is 6.01. The van der Waals surface area contributed by atoms with Crippen molar-refractivity contribution in [1.29, 1.82) is 0 Å². The van der Waals surface area contributed by atoms with Gasteiger partial charge < -0.3 is 23.8 Å². The molecule has 0 fully saturated rings. The fourth-order valence-corrected chi connectivity index (χ4v) is 7.02. The van der Waals surface area contributed by atoms with Crippen LogP contribution in [0.2, 0.25) is 0 Å². The lowest BCUT2D eigenvalue weighted by Crippen LogP contribution is -2.59. The Balaban J connectivity index is 1.57. The summed E-state index contributed by atoms with van der Waals surface area (Å²) in [5.41, 5.74) is 1.51. The zero-order chi connectivity index (χ0) is 32.1. The highest BCUT2D eigenvalue weighted by Crippen LogP contribution is 2.58. The minimum atomic E-state index is -0.784. The van der Waals surface area contributed by atoms with E-state index in [1.807, 2.05) is 11.0 Å². The number of hydrogen-bond acceptors (Lipinski definition) is 12. The molecule has 13 nitrogen and oxygen atoms in total. The summed E-state index contributed by atoms with van der Waals surface area (Å²) in [4.78, 5) is 53.6. The lowest BCUT2D eigenvalue weighted by molar-refractivity contribution is -0.512. The lowest BCUT2D eigenvalue weighted by Gasteiger charge is -2.52. The summed E-state index contributed by atoms with van der Waals surface area (Å²) in [5, 5.41) is 11.5. The third-order valence-electron chi connectivity index (χ3n) is 9.54. The van der Waals surface area contributed by atoms with Gasteiger partial charge in [0, 0.05) is 54.6 Å². The number of allylic oxidation sites excluding steroid dienone is 1. The summed E-state index contributed by atoms with van der Waals surface area (Å²) in [6, 6.07) is -0.720. The van der Waals surface area contributed by atoms with E-state index in [2.05, 4.69) is 30.9 Å². The zero-order valence-corrected chi connectivity index (χ0v) is 26.5. The first-order valence-corrected chi connectivity index (χ1v) is 15.3. The van der Waals surface area contributed by atoms with Gasteiger partial charge >= 0.3 is 17.9 Å². The van der Waals surface area contributed by atoms with Crippen molar-refractivity contribution in [2.75, 3.05) is 67.1 Å². The Hall–Kier alpha value is -3.29. The molecular weight excluding hydrogens is 572 g/mol. The fraction of sp³-hybridized carbons (Fsp3) is 0.710. The molecule has 0 aromatic rings. The maximum atomic E-state index is 12.4. The number of methoxy groups -OCH3 is 3. The van der Waals surface area contributed by atoms with E-state index in [0.29, 0.717) is 32.6 Å². The Bertz CT molecular complexity index is 1180. The van der Waals surface area contributed by atoms with Gasteiger partial charge in [0.2, 0.25) is 6.04 Å². The van der Waals surface area contributed by atoms with E-state index in [1.165, 1.54) is 32.6 Å². The molecule has 44 heavy (non-hydrogen) atoms. The van der Waals surface area contributed by atoms with Crippen LogP contribution in [0.4, 0.5) is 0 Å². The second-order valence-corrected chi connectivity index (χ2v) is 12.4. The molecule has 4 rings (SSSR count). The Morgan fingerprint density at radius 3 is 2.14 bits per heavy atom. The van der Waals surface area contributed by atoms with Gasteiger partial charge in [-0.25, -0.2) is 0 Å². The maximum absolute atomic E-state index is 12.4. The van der Waals surface area contributed by atoms with Crippen LogP contribution < -0.4 is 0 Å². The first-order valence-electron chi connectivity index (χ1n) is 15.3. The standard InChI is InChI=1S/C31H46N4O9/c1-30(2)24-8-6-7-9-25(24)34(31(30)13-12-22-18-23(35(39)40)10-11-26(22)44-31)17-16-32(19-27(36)41-3)14-15-33(20-28(37)42-4)21-29(38)43-5/h10-13,22-23,26H,6-9,14-21H2,1-5H3/t22?,23-,26+,31?/m0/s1. The number of esters is 3. The van der Waals surface area contributed by atoms with Gasteiger partial charge in [0.15, 0.2) is 5.72 Å². The summed E-state index contributed by atoms with van der Waals surface area (Å²) in [7, 11) is 3.92. The number of carbonyl (C=O) groups excluding carboxylic acids is 3. The molecule has 0 aromatic carbocycles. The van der Waals surface area contributed by atoms with Gasteiger partial charge in [0.25, 0.3) is 0 Å². The van der Waals surface area contributed by atoms with Crippen LogP contribution in [-0.4, -0.2) is 123 Å².